The summed E-state index contributed by atoms with van der Waals surface area (Å²) in [5.41, 5.74) is 7.36. The fraction of sp³-hybridized carbons (Fsp3) is 0.188. The Labute approximate surface area is 128 Å². The van der Waals surface area contributed by atoms with Crippen molar-refractivity contribution in [2.75, 3.05) is 23.8 Å². The van der Waals surface area contributed by atoms with Crippen molar-refractivity contribution >= 4 is 28.9 Å². The third-order valence-electron chi connectivity index (χ3n) is 3.44. The largest absolute Gasteiger partial charge is 0.491 e. The predicted molar refractivity (Wildman–Crippen MR) is 84.1 cm³/mol. The molecule has 108 valence electrons. The average molecular weight is 303 g/mol. The number of fused-ring (bicyclic) bond motifs is 1. The average Bonchev–Trinajstić information content (AvgIpc) is 2.72. The van der Waals surface area contributed by atoms with Gasteiger partial charge in [0.15, 0.2) is 0 Å². The molecule has 3 rings (SSSR count). The van der Waals surface area contributed by atoms with Crippen molar-refractivity contribution < 1.29 is 9.53 Å². The lowest BCUT2D eigenvalue weighted by Crippen LogP contribution is -2.31. The van der Waals surface area contributed by atoms with E-state index in [0.29, 0.717) is 35.2 Å². The molecule has 5 heteroatoms. The Morgan fingerprint density at radius 1 is 1.19 bits per heavy atom. The van der Waals surface area contributed by atoms with Crippen LogP contribution in [0.3, 0.4) is 0 Å². The first-order valence-corrected chi connectivity index (χ1v) is 7.14. The Hall–Kier alpha value is -2.20. The van der Waals surface area contributed by atoms with Gasteiger partial charge in [-0.25, -0.2) is 0 Å². The Morgan fingerprint density at radius 2 is 2.00 bits per heavy atom. The Kier molecular flexibility index (Phi) is 3.71. The van der Waals surface area contributed by atoms with Gasteiger partial charge in [-0.2, -0.15) is 0 Å². The van der Waals surface area contributed by atoms with Crippen molar-refractivity contribution in [1.29, 1.82) is 0 Å². The molecule has 0 atom stereocenters. The molecule has 0 spiro atoms. The van der Waals surface area contributed by atoms with Crippen LogP contribution < -0.4 is 15.4 Å². The minimum atomic E-state index is -0.162. The van der Waals surface area contributed by atoms with Crippen LogP contribution in [0.2, 0.25) is 5.02 Å². The molecular weight excluding hydrogens is 288 g/mol. The van der Waals surface area contributed by atoms with Crippen molar-refractivity contribution in [3.63, 3.8) is 0 Å². The van der Waals surface area contributed by atoms with Gasteiger partial charge < -0.3 is 15.4 Å². The van der Waals surface area contributed by atoms with Crippen LogP contribution in [0.15, 0.2) is 42.5 Å². The molecule has 21 heavy (non-hydrogen) atoms. The lowest BCUT2D eigenvalue weighted by atomic mass is 10.1. The molecule has 2 aromatic rings. The number of hydrogen-bond acceptors (Lipinski definition) is 3. The maximum atomic E-state index is 12.8. The number of halogens is 1. The highest BCUT2D eigenvalue weighted by Crippen LogP contribution is 2.33. The number of nitrogens with zero attached hydrogens (tertiary/aromatic N) is 1. The summed E-state index contributed by atoms with van der Waals surface area (Å²) >= 11 is 6.17. The first-order chi connectivity index (χ1) is 10.2. The van der Waals surface area contributed by atoms with Crippen molar-refractivity contribution in [3.05, 3.63) is 53.1 Å². The molecule has 0 saturated heterocycles. The van der Waals surface area contributed by atoms with E-state index in [1.54, 1.807) is 23.1 Å². The number of nitrogen functional groups attached to an aromatic ring is 1. The zero-order chi connectivity index (χ0) is 14.8. The zero-order valence-electron chi connectivity index (χ0n) is 11.4. The van der Waals surface area contributed by atoms with Gasteiger partial charge in [-0.1, -0.05) is 29.8 Å². The second-order valence-corrected chi connectivity index (χ2v) is 5.21. The predicted octanol–water partition coefficient (Wildman–Crippen LogP) is 3.35. The molecule has 0 unspecified atom stereocenters. The first-order valence-electron chi connectivity index (χ1n) is 6.76. The van der Waals surface area contributed by atoms with Crippen molar-refractivity contribution in [1.82, 2.24) is 0 Å². The van der Waals surface area contributed by atoms with Crippen LogP contribution in [-0.2, 0) is 0 Å². The van der Waals surface area contributed by atoms with Crippen LogP contribution in [0.25, 0.3) is 0 Å². The molecule has 2 aromatic carbocycles. The summed E-state index contributed by atoms with van der Waals surface area (Å²) in [6.07, 6.45) is 0.764. The number of amides is 1. The Bertz CT molecular complexity index is 688. The standard InChI is InChI=1S/C16H15ClN2O2/c17-15-11(5-3-6-12(15)18)16(20)19-9-4-10-21-14-8-2-1-7-13(14)19/h1-3,5-8H,4,9-10,18H2. The fourth-order valence-corrected chi connectivity index (χ4v) is 2.61. The zero-order valence-corrected chi connectivity index (χ0v) is 12.1. The summed E-state index contributed by atoms with van der Waals surface area (Å²) in [6, 6.07) is 12.6. The second kappa shape index (κ2) is 5.66. The van der Waals surface area contributed by atoms with Crippen LogP contribution in [0.4, 0.5) is 11.4 Å². The van der Waals surface area contributed by atoms with Gasteiger partial charge in [0.25, 0.3) is 5.91 Å². The highest BCUT2D eigenvalue weighted by Gasteiger charge is 2.24. The topological polar surface area (TPSA) is 55.6 Å². The molecule has 1 aliphatic rings. The van der Waals surface area contributed by atoms with Gasteiger partial charge in [-0.3, -0.25) is 4.79 Å². The highest BCUT2D eigenvalue weighted by atomic mass is 35.5. The molecule has 0 fully saturated rings. The van der Waals surface area contributed by atoms with E-state index in [1.165, 1.54) is 0 Å². The van der Waals surface area contributed by atoms with Gasteiger partial charge in [-0.15, -0.1) is 0 Å². The molecule has 1 amide bonds. The van der Waals surface area contributed by atoms with Gasteiger partial charge >= 0.3 is 0 Å². The second-order valence-electron chi connectivity index (χ2n) is 4.84. The maximum absolute atomic E-state index is 12.8. The molecule has 1 heterocycles. The summed E-state index contributed by atoms with van der Waals surface area (Å²) in [7, 11) is 0. The molecule has 0 aromatic heterocycles. The van der Waals surface area contributed by atoms with E-state index in [-0.39, 0.29) is 5.91 Å². The molecule has 0 aliphatic carbocycles. The summed E-state index contributed by atoms with van der Waals surface area (Å²) in [5.74, 6) is 0.550. The van der Waals surface area contributed by atoms with Gasteiger partial charge in [0.1, 0.15) is 5.75 Å². The number of ether oxygens (including phenoxy) is 1. The third-order valence-corrected chi connectivity index (χ3v) is 3.87. The monoisotopic (exact) mass is 302 g/mol. The number of rotatable bonds is 1. The van der Waals surface area contributed by atoms with Crippen LogP contribution >= 0.6 is 11.6 Å². The number of anilines is 2. The van der Waals surface area contributed by atoms with Crippen LogP contribution in [-0.4, -0.2) is 19.1 Å². The molecule has 2 N–H and O–H groups in total. The van der Waals surface area contributed by atoms with Crippen LogP contribution in [0.1, 0.15) is 16.8 Å². The number of hydrogen-bond donors (Lipinski definition) is 1. The number of carbonyl (C=O) groups excluding carboxylic acids is 1. The third kappa shape index (κ3) is 2.54. The summed E-state index contributed by atoms with van der Waals surface area (Å²) in [6.45, 7) is 1.17. The Balaban J connectivity index is 2.03. The lowest BCUT2D eigenvalue weighted by molar-refractivity contribution is 0.0987. The lowest BCUT2D eigenvalue weighted by Gasteiger charge is -2.22. The molecule has 1 aliphatic heterocycles. The molecule has 0 bridgehead atoms. The van der Waals surface area contributed by atoms with E-state index in [2.05, 4.69) is 0 Å². The smallest absolute Gasteiger partial charge is 0.259 e. The fourth-order valence-electron chi connectivity index (χ4n) is 2.40. The summed E-state index contributed by atoms with van der Waals surface area (Å²) in [5, 5.41) is 0.296. The van der Waals surface area contributed by atoms with Crippen molar-refractivity contribution in [3.8, 4) is 5.75 Å². The Morgan fingerprint density at radius 3 is 2.86 bits per heavy atom. The normalized spacial score (nSPS) is 14.0. The van der Waals surface area contributed by atoms with E-state index in [1.807, 2.05) is 24.3 Å². The molecule has 4 nitrogen and oxygen atoms in total. The van der Waals surface area contributed by atoms with Crippen molar-refractivity contribution in [2.24, 2.45) is 0 Å². The quantitative estimate of drug-likeness (QED) is 0.822. The minimum absolute atomic E-state index is 0.162. The minimum Gasteiger partial charge on any atom is -0.491 e. The number of carbonyl (C=O) groups is 1. The van der Waals surface area contributed by atoms with Crippen LogP contribution in [0.5, 0.6) is 5.75 Å². The van der Waals surface area contributed by atoms with E-state index in [9.17, 15) is 4.79 Å². The number of benzene rings is 2. The molecule has 0 saturated carbocycles. The highest BCUT2D eigenvalue weighted by molar-refractivity contribution is 6.37. The SMILES string of the molecule is Nc1cccc(C(=O)N2CCCOc3ccccc32)c1Cl. The van der Waals surface area contributed by atoms with Crippen molar-refractivity contribution in [2.45, 2.75) is 6.42 Å². The van der Waals surface area contributed by atoms with Gasteiger partial charge in [-0.05, 0) is 30.7 Å². The maximum Gasteiger partial charge on any atom is 0.259 e. The summed E-state index contributed by atoms with van der Waals surface area (Å²) < 4.78 is 5.67. The van der Waals surface area contributed by atoms with Gasteiger partial charge in [0, 0.05) is 6.54 Å². The van der Waals surface area contributed by atoms with Gasteiger partial charge in [0.2, 0.25) is 0 Å². The van der Waals surface area contributed by atoms with Gasteiger partial charge in [0.05, 0.1) is 28.6 Å². The van der Waals surface area contributed by atoms with E-state index < -0.39 is 0 Å². The number of para-hydroxylation sites is 2. The number of nitrogens with two attached hydrogens (primary N) is 1. The molecule has 0 radical (unpaired) electrons. The summed E-state index contributed by atoms with van der Waals surface area (Å²) in [4.78, 5) is 14.5. The van der Waals surface area contributed by atoms with E-state index >= 15 is 0 Å². The van der Waals surface area contributed by atoms with Crippen LogP contribution in [0, 0.1) is 0 Å². The van der Waals surface area contributed by atoms with E-state index in [0.717, 1.165) is 12.1 Å². The molecular formula is C16H15ClN2O2. The van der Waals surface area contributed by atoms with E-state index in [4.69, 9.17) is 22.1 Å². The first kappa shape index (κ1) is 13.8.